The first-order valence-corrected chi connectivity index (χ1v) is 12.7. The molecule has 4 heteroatoms. The predicted octanol–water partition coefficient (Wildman–Crippen LogP) is 7.05. The zero-order valence-corrected chi connectivity index (χ0v) is 21.5. The van der Waals surface area contributed by atoms with Gasteiger partial charge in [0.15, 0.2) is 5.78 Å². The minimum Gasteiger partial charge on any atom is -0.489 e. The van der Waals surface area contributed by atoms with Gasteiger partial charge in [0.2, 0.25) is 5.91 Å². The van der Waals surface area contributed by atoms with Crippen molar-refractivity contribution in [2.75, 3.05) is 4.90 Å². The van der Waals surface area contributed by atoms with Crippen LogP contribution in [0.2, 0.25) is 0 Å². The van der Waals surface area contributed by atoms with Crippen LogP contribution in [0.15, 0.2) is 84.1 Å². The highest BCUT2D eigenvalue weighted by molar-refractivity contribution is 6.08. The molecule has 1 aliphatic carbocycles. The van der Waals surface area contributed by atoms with Crippen LogP contribution in [0.4, 0.5) is 5.69 Å². The second-order valence-corrected chi connectivity index (χ2v) is 10.8. The summed E-state index contributed by atoms with van der Waals surface area (Å²) in [6, 6.07) is 24.0. The Morgan fingerprint density at radius 2 is 1.61 bits per heavy atom. The summed E-state index contributed by atoms with van der Waals surface area (Å²) in [5.74, 6) is 0.730. The second kappa shape index (κ2) is 9.42. The van der Waals surface area contributed by atoms with E-state index < -0.39 is 0 Å². The summed E-state index contributed by atoms with van der Waals surface area (Å²) < 4.78 is 5.96. The molecule has 0 aromatic heterocycles. The third-order valence-corrected chi connectivity index (χ3v) is 7.49. The zero-order chi connectivity index (χ0) is 25.4. The van der Waals surface area contributed by atoms with Gasteiger partial charge in [0.1, 0.15) is 12.4 Å². The molecule has 1 aliphatic heterocycles. The molecule has 184 valence electrons. The molecule has 0 saturated heterocycles. The van der Waals surface area contributed by atoms with Crippen LogP contribution in [0, 0.1) is 19.3 Å². The first-order valence-electron chi connectivity index (χ1n) is 12.7. The van der Waals surface area contributed by atoms with Crippen molar-refractivity contribution in [3.8, 4) is 5.75 Å². The predicted molar refractivity (Wildman–Crippen MR) is 143 cm³/mol. The number of anilines is 1. The Kier molecular flexibility index (Phi) is 6.29. The van der Waals surface area contributed by atoms with E-state index in [1.165, 1.54) is 0 Å². The topological polar surface area (TPSA) is 46.6 Å². The molecular weight excluding hydrogens is 446 g/mol. The highest BCUT2D eigenvalue weighted by Crippen LogP contribution is 2.48. The van der Waals surface area contributed by atoms with E-state index in [0.29, 0.717) is 19.4 Å². The lowest BCUT2D eigenvalue weighted by molar-refractivity contribution is -0.121. The summed E-state index contributed by atoms with van der Waals surface area (Å²) in [7, 11) is 0. The summed E-state index contributed by atoms with van der Waals surface area (Å²) in [6.45, 7) is 8.83. The van der Waals surface area contributed by atoms with Crippen LogP contribution in [0.1, 0.15) is 61.3 Å². The van der Waals surface area contributed by atoms with Gasteiger partial charge in [-0.2, -0.15) is 0 Å². The molecule has 0 fully saturated rings. The molecule has 2 aliphatic rings. The number of Topliss-reactive ketones (excluding diaryl/α,β-unsaturated/α-hetero) is 1. The number of carbonyl (C=O) groups excluding carboxylic acids is 2. The summed E-state index contributed by atoms with van der Waals surface area (Å²) >= 11 is 0. The molecule has 3 aromatic carbocycles. The molecule has 1 atom stereocenters. The number of rotatable bonds is 5. The molecule has 0 N–H and O–H groups in total. The summed E-state index contributed by atoms with van der Waals surface area (Å²) in [5, 5.41) is 0. The van der Waals surface area contributed by atoms with Crippen LogP contribution in [0.25, 0.3) is 0 Å². The maximum atomic E-state index is 13.7. The van der Waals surface area contributed by atoms with Gasteiger partial charge in [-0.15, -0.1) is 0 Å². The van der Waals surface area contributed by atoms with Gasteiger partial charge in [0.05, 0.1) is 5.69 Å². The molecule has 4 nitrogen and oxygen atoms in total. The fourth-order valence-electron chi connectivity index (χ4n) is 5.49. The number of amides is 1. The smallest absolute Gasteiger partial charge is 0.232 e. The molecule has 1 unspecified atom stereocenters. The summed E-state index contributed by atoms with van der Waals surface area (Å²) in [4.78, 5) is 29.1. The number of allylic oxidation sites excluding steroid dienone is 2. The van der Waals surface area contributed by atoms with Crippen molar-refractivity contribution in [3.63, 3.8) is 0 Å². The maximum absolute atomic E-state index is 13.7. The van der Waals surface area contributed by atoms with Crippen LogP contribution in [-0.2, 0) is 16.2 Å². The first-order chi connectivity index (χ1) is 17.2. The van der Waals surface area contributed by atoms with E-state index in [1.54, 1.807) is 0 Å². The van der Waals surface area contributed by atoms with Crippen LogP contribution in [-0.4, -0.2) is 11.7 Å². The molecular formula is C32H33NO3. The standard InChI is InChI=1S/C32H33NO3/c1-21-9-8-12-27(22(21)2)33-28-18-32(3,4)19-29(34)31(28)26(17-30(33)35)24-13-15-25(16-14-24)36-20-23-10-6-5-7-11-23/h5-16,26H,17-20H2,1-4H3. The van der Waals surface area contributed by atoms with Crippen molar-refractivity contribution in [2.45, 2.75) is 59.5 Å². The minimum atomic E-state index is -0.236. The fourth-order valence-corrected chi connectivity index (χ4v) is 5.49. The molecule has 36 heavy (non-hydrogen) atoms. The fraction of sp³-hybridized carbons (Fsp3) is 0.312. The largest absolute Gasteiger partial charge is 0.489 e. The van der Waals surface area contributed by atoms with Gasteiger partial charge in [-0.3, -0.25) is 14.5 Å². The average molecular weight is 480 g/mol. The Morgan fingerprint density at radius 1 is 0.889 bits per heavy atom. The number of ketones is 1. The zero-order valence-electron chi connectivity index (χ0n) is 21.5. The molecule has 5 rings (SSSR count). The van der Waals surface area contributed by atoms with Gasteiger partial charge in [-0.05, 0) is 66.1 Å². The molecule has 1 amide bonds. The van der Waals surface area contributed by atoms with E-state index in [4.69, 9.17) is 4.74 Å². The Labute approximate surface area is 213 Å². The number of carbonyl (C=O) groups is 2. The summed E-state index contributed by atoms with van der Waals surface area (Å²) in [5.41, 5.74) is 6.67. The van der Waals surface area contributed by atoms with Gasteiger partial charge in [-0.1, -0.05) is 68.4 Å². The lowest BCUT2D eigenvalue weighted by Crippen LogP contribution is -2.44. The van der Waals surface area contributed by atoms with Crippen molar-refractivity contribution in [1.29, 1.82) is 0 Å². The van der Waals surface area contributed by atoms with Gasteiger partial charge in [0, 0.05) is 30.0 Å². The third kappa shape index (κ3) is 4.60. The lowest BCUT2D eigenvalue weighted by atomic mass is 9.69. The molecule has 1 heterocycles. The average Bonchev–Trinajstić information content (AvgIpc) is 2.84. The van der Waals surface area contributed by atoms with Crippen molar-refractivity contribution < 1.29 is 14.3 Å². The molecule has 0 bridgehead atoms. The number of benzene rings is 3. The van der Waals surface area contributed by atoms with E-state index in [2.05, 4.69) is 26.8 Å². The molecule has 3 aromatic rings. The second-order valence-electron chi connectivity index (χ2n) is 10.8. The van der Waals surface area contributed by atoms with E-state index in [-0.39, 0.29) is 29.4 Å². The SMILES string of the molecule is Cc1cccc(N2C(=O)CC(c3ccc(OCc4ccccc4)cc3)C3=C2CC(C)(C)CC3=O)c1C. The number of hydrogen-bond donors (Lipinski definition) is 0. The number of hydrogen-bond acceptors (Lipinski definition) is 3. The molecule has 0 spiro atoms. The molecule has 0 saturated carbocycles. The van der Waals surface area contributed by atoms with E-state index in [1.807, 2.05) is 78.6 Å². The van der Waals surface area contributed by atoms with Crippen molar-refractivity contribution in [2.24, 2.45) is 5.41 Å². The lowest BCUT2D eigenvalue weighted by Gasteiger charge is -2.43. The number of ether oxygens (including phenoxy) is 1. The van der Waals surface area contributed by atoms with Crippen LogP contribution < -0.4 is 9.64 Å². The van der Waals surface area contributed by atoms with Crippen molar-refractivity contribution in [1.82, 2.24) is 0 Å². The van der Waals surface area contributed by atoms with Crippen LogP contribution >= 0.6 is 0 Å². The first kappa shape index (κ1) is 24.1. The monoisotopic (exact) mass is 479 g/mol. The van der Waals surface area contributed by atoms with Crippen LogP contribution in [0.5, 0.6) is 5.75 Å². The normalized spacial score (nSPS) is 19.3. The van der Waals surface area contributed by atoms with Gasteiger partial charge < -0.3 is 4.74 Å². The molecule has 0 radical (unpaired) electrons. The van der Waals surface area contributed by atoms with Gasteiger partial charge in [-0.25, -0.2) is 0 Å². The van der Waals surface area contributed by atoms with Gasteiger partial charge in [0.25, 0.3) is 0 Å². The highest BCUT2D eigenvalue weighted by atomic mass is 16.5. The van der Waals surface area contributed by atoms with E-state index in [0.717, 1.165) is 45.0 Å². The number of aryl methyl sites for hydroxylation is 1. The minimum absolute atomic E-state index is 0.0438. The quantitative estimate of drug-likeness (QED) is 0.394. The van der Waals surface area contributed by atoms with Gasteiger partial charge >= 0.3 is 0 Å². The highest BCUT2D eigenvalue weighted by Gasteiger charge is 2.44. The van der Waals surface area contributed by atoms with E-state index >= 15 is 0 Å². The Hall–Kier alpha value is -3.66. The third-order valence-electron chi connectivity index (χ3n) is 7.49. The maximum Gasteiger partial charge on any atom is 0.232 e. The summed E-state index contributed by atoms with van der Waals surface area (Å²) in [6.07, 6.45) is 1.47. The van der Waals surface area contributed by atoms with E-state index in [9.17, 15) is 9.59 Å². The Bertz CT molecular complexity index is 1340. The van der Waals surface area contributed by atoms with Crippen LogP contribution in [0.3, 0.4) is 0 Å². The Balaban J connectivity index is 1.50. The number of nitrogens with zero attached hydrogens (tertiary/aromatic N) is 1. The van der Waals surface area contributed by atoms with Crippen molar-refractivity contribution in [3.05, 3.63) is 106 Å². The Morgan fingerprint density at radius 3 is 2.33 bits per heavy atom. The van der Waals surface area contributed by atoms with Crippen molar-refractivity contribution >= 4 is 17.4 Å².